The lowest BCUT2D eigenvalue weighted by molar-refractivity contribution is 0.356. The second-order valence-electron chi connectivity index (χ2n) is 4.24. The first-order chi connectivity index (χ1) is 9.76. The Morgan fingerprint density at radius 2 is 1.95 bits per heavy atom. The van der Waals surface area contributed by atoms with Crippen molar-refractivity contribution in [1.82, 2.24) is 9.97 Å². The van der Waals surface area contributed by atoms with E-state index in [1.54, 1.807) is 25.6 Å². The number of aromatic nitrogens is 2. The van der Waals surface area contributed by atoms with Crippen molar-refractivity contribution < 1.29 is 9.47 Å². The van der Waals surface area contributed by atoms with Gasteiger partial charge in [-0.1, -0.05) is 0 Å². The molecule has 0 atom stereocenters. The minimum absolute atomic E-state index is 0.711. The van der Waals surface area contributed by atoms with Crippen LogP contribution in [0.25, 0.3) is 22.2 Å². The third kappa shape index (κ3) is 1.98. The Balaban J connectivity index is 2.17. The lowest BCUT2D eigenvalue weighted by atomic mass is 10.1. The van der Waals surface area contributed by atoms with Crippen molar-refractivity contribution in [3.63, 3.8) is 0 Å². The third-order valence-electron chi connectivity index (χ3n) is 3.18. The first-order valence-corrected chi connectivity index (χ1v) is 7.01. The fraction of sp³-hybridized carbons (Fsp3) is 0.214. The molecular weight excluding hydrogens is 274 g/mol. The maximum absolute atomic E-state index is 5.36. The molecule has 20 heavy (non-hydrogen) atoms. The summed E-state index contributed by atoms with van der Waals surface area (Å²) in [6.07, 6.45) is 1.96. The molecule has 2 N–H and O–H groups in total. The molecule has 0 fully saturated rings. The molecular formula is C14H15N3O2S. The van der Waals surface area contributed by atoms with Crippen LogP contribution in [-0.4, -0.2) is 31.2 Å². The van der Waals surface area contributed by atoms with Crippen LogP contribution in [0.2, 0.25) is 0 Å². The maximum atomic E-state index is 5.36. The summed E-state index contributed by atoms with van der Waals surface area (Å²) in [4.78, 5) is 7.78. The minimum atomic E-state index is 0.711. The molecule has 0 aliphatic carbocycles. The Morgan fingerprint density at radius 3 is 2.60 bits per heavy atom. The highest BCUT2D eigenvalue weighted by molar-refractivity contribution is 7.14. The average Bonchev–Trinajstić information content (AvgIpc) is 3.11. The number of methoxy groups -OCH3 is 2. The van der Waals surface area contributed by atoms with Crippen molar-refractivity contribution >= 4 is 27.4 Å². The smallest absolute Gasteiger partial charge is 0.182 e. The summed E-state index contributed by atoms with van der Waals surface area (Å²) in [6, 6.07) is 3.90. The number of H-pyrrole nitrogens is 1. The quantitative estimate of drug-likeness (QED) is 0.773. The van der Waals surface area contributed by atoms with E-state index in [1.165, 1.54) is 0 Å². The highest BCUT2D eigenvalue weighted by Gasteiger charge is 2.13. The Kier molecular flexibility index (Phi) is 3.23. The summed E-state index contributed by atoms with van der Waals surface area (Å²) in [7, 11) is 5.14. The molecule has 2 heterocycles. The topological polar surface area (TPSA) is 59.2 Å². The third-order valence-corrected chi connectivity index (χ3v) is 4.04. The highest BCUT2D eigenvalue weighted by atomic mass is 32.1. The van der Waals surface area contributed by atoms with Gasteiger partial charge in [-0.3, -0.25) is 0 Å². The summed E-state index contributed by atoms with van der Waals surface area (Å²) in [5.74, 6) is 1.42. The number of ether oxygens (including phenoxy) is 2. The first-order valence-electron chi connectivity index (χ1n) is 6.13. The van der Waals surface area contributed by atoms with E-state index in [0.717, 1.165) is 27.3 Å². The molecule has 0 aliphatic rings. The number of nitrogens with zero attached hydrogens (tertiary/aromatic N) is 1. The molecule has 6 heteroatoms. The Hall–Kier alpha value is -2.21. The molecule has 1 aromatic carbocycles. The van der Waals surface area contributed by atoms with Gasteiger partial charge in [-0.15, -0.1) is 11.3 Å². The number of hydrogen-bond donors (Lipinski definition) is 2. The van der Waals surface area contributed by atoms with Crippen molar-refractivity contribution in [3.8, 4) is 22.8 Å². The first kappa shape index (κ1) is 12.8. The van der Waals surface area contributed by atoms with Crippen LogP contribution in [0.4, 0.5) is 5.13 Å². The van der Waals surface area contributed by atoms with Crippen molar-refractivity contribution in [3.05, 3.63) is 23.7 Å². The van der Waals surface area contributed by atoms with Gasteiger partial charge in [0.05, 0.1) is 25.4 Å². The van der Waals surface area contributed by atoms with Gasteiger partial charge in [-0.05, 0) is 6.07 Å². The van der Waals surface area contributed by atoms with Gasteiger partial charge >= 0.3 is 0 Å². The lowest BCUT2D eigenvalue weighted by Gasteiger charge is -2.07. The maximum Gasteiger partial charge on any atom is 0.182 e. The molecule has 5 nitrogen and oxygen atoms in total. The van der Waals surface area contributed by atoms with E-state index < -0.39 is 0 Å². The number of hydrogen-bond acceptors (Lipinski definition) is 5. The lowest BCUT2D eigenvalue weighted by Crippen LogP contribution is -1.90. The summed E-state index contributed by atoms with van der Waals surface area (Å²) < 4.78 is 10.7. The molecule has 0 radical (unpaired) electrons. The van der Waals surface area contributed by atoms with Crippen molar-refractivity contribution in [1.29, 1.82) is 0 Å². The van der Waals surface area contributed by atoms with Gasteiger partial charge in [0.25, 0.3) is 0 Å². The molecule has 0 aliphatic heterocycles. The summed E-state index contributed by atoms with van der Waals surface area (Å²) in [5.41, 5.74) is 2.99. The second-order valence-corrected chi connectivity index (χ2v) is 5.10. The molecule has 0 spiro atoms. The molecule has 0 saturated carbocycles. The van der Waals surface area contributed by atoms with Crippen LogP contribution in [0.3, 0.4) is 0 Å². The van der Waals surface area contributed by atoms with E-state index in [1.807, 2.05) is 30.8 Å². The van der Waals surface area contributed by atoms with Gasteiger partial charge in [0.15, 0.2) is 16.6 Å². The molecule has 104 valence electrons. The number of thiazole rings is 1. The largest absolute Gasteiger partial charge is 0.493 e. The van der Waals surface area contributed by atoms with Crippen LogP contribution in [-0.2, 0) is 0 Å². The number of nitrogens with one attached hydrogen (secondary N) is 2. The van der Waals surface area contributed by atoms with Crippen molar-refractivity contribution in [2.45, 2.75) is 0 Å². The summed E-state index contributed by atoms with van der Waals surface area (Å²) in [5, 5.41) is 7.05. The van der Waals surface area contributed by atoms with E-state index in [2.05, 4.69) is 15.3 Å². The zero-order valence-corrected chi connectivity index (χ0v) is 12.3. The molecule has 2 aromatic heterocycles. The molecule has 3 aromatic rings. The average molecular weight is 289 g/mol. The van der Waals surface area contributed by atoms with Crippen molar-refractivity contribution in [2.24, 2.45) is 0 Å². The zero-order chi connectivity index (χ0) is 14.1. The van der Waals surface area contributed by atoms with Crippen LogP contribution in [0.15, 0.2) is 23.7 Å². The molecule has 0 bridgehead atoms. The minimum Gasteiger partial charge on any atom is -0.493 e. The Morgan fingerprint density at radius 1 is 1.20 bits per heavy atom. The second kappa shape index (κ2) is 5.05. The number of benzene rings is 1. The van der Waals surface area contributed by atoms with Crippen LogP contribution < -0.4 is 14.8 Å². The van der Waals surface area contributed by atoms with Crippen molar-refractivity contribution in [2.75, 3.05) is 26.6 Å². The van der Waals surface area contributed by atoms with Crippen LogP contribution in [0.1, 0.15) is 0 Å². The van der Waals surface area contributed by atoms with E-state index in [-0.39, 0.29) is 0 Å². The standard InChI is InChI=1S/C14H15N3O2S/c1-15-14-17-11(7-20-14)9-6-16-10-5-13(19-3)12(18-2)4-8(9)10/h4-7,16H,1-3H3,(H,15,17). The van der Waals surface area contributed by atoms with Gasteiger partial charge in [0.2, 0.25) is 0 Å². The predicted molar refractivity (Wildman–Crippen MR) is 82.1 cm³/mol. The van der Waals surface area contributed by atoms with Crippen LogP contribution in [0.5, 0.6) is 11.5 Å². The number of rotatable bonds is 4. The fourth-order valence-electron chi connectivity index (χ4n) is 2.17. The summed E-state index contributed by atoms with van der Waals surface area (Å²) >= 11 is 1.58. The van der Waals surface area contributed by atoms with E-state index in [4.69, 9.17) is 9.47 Å². The fourth-order valence-corrected chi connectivity index (χ4v) is 2.84. The molecule has 3 rings (SSSR count). The number of fused-ring (bicyclic) bond motifs is 1. The van der Waals surface area contributed by atoms with Gasteiger partial charge < -0.3 is 19.8 Å². The highest BCUT2D eigenvalue weighted by Crippen LogP contribution is 2.37. The Bertz CT molecular complexity index is 748. The zero-order valence-electron chi connectivity index (χ0n) is 11.5. The number of anilines is 1. The van der Waals surface area contributed by atoms with E-state index in [0.29, 0.717) is 11.5 Å². The summed E-state index contributed by atoms with van der Waals surface area (Å²) in [6.45, 7) is 0. The SMILES string of the molecule is CNc1nc(-c2c[nH]c3cc(OC)c(OC)cc23)cs1. The van der Waals surface area contributed by atoms with Crippen LogP contribution >= 0.6 is 11.3 Å². The van der Waals surface area contributed by atoms with Gasteiger partial charge in [0.1, 0.15) is 0 Å². The predicted octanol–water partition coefficient (Wildman–Crippen LogP) is 3.35. The Labute approximate surface area is 120 Å². The number of aromatic amines is 1. The molecule has 0 unspecified atom stereocenters. The van der Waals surface area contributed by atoms with E-state index >= 15 is 0 Å². The van der Waals surface area contributed by atoms with Gasteiger partial charge in [-0.25, -0.2) is 4.98 Å². The van der Waals surface area contributed by atoms with Gasteiger partial charge in [0, 0.05) is 35.6 Å². The monoisotopic (exact) mass is 289 g/mol. The molecule has 0 amide bonds. The molecule has 0 saturated heterocycles. The normalized spacial score (nSPS) is 10.8. The van der Waals surface area contributed by atoms with Crippen LogP contribution in [0, 0.1) is 0 Å². The van der Waals surface area contributed by atoms with Gasteiger partial charge in [-0.2, -0.15) is 0 Å². The van der Waals surface area contributed by atoms with E-state index in [9.17, 15) is 0 Å².